The van der Waals surface area contributed by atoms with E-state index in [1.54, 1.807) is 7.11 Å². The summed E-state index contributed by atoms with van der Waals surface area (Å²) < 4.78 is 16.8. The zero-order chi connectivity index (χ0) is 14.7. The average Bonchev–Trinajstić information content (AvgIpc) is 2.53. The number of benzene rings is 1. The van der Waals surface area contributed by atoms with Crippen LogP contribution in [0.4, 0.5) is 0 Å². The number of hydrogen-bond acceptors (Lipinski definition) is 4. The number of methoxy groups -OCH3 is 1. The zero-order valence-corrected chi connectivity index (χ0v) is 13.0. The smallest absolute Gasteiger partial charge is 0.203 e. The molecule has 1 aliphatic heterocycles. The van der Waals surface area contributed by atoms with Crippen molar-refractivity contribution in [2.45, 2.75) is 45.2 Å². The highest BCUT2D eigenvalue weighted by Crippen LogP contribution is 2.40. The standard InChI is InChI=1S/C17H25NO3/c1-12-5-3-4-6-14(12)18-11-13-9-15(19-2)17-16(10-13)20-7-8-21-17/h9-10,12,14,18H,3-8,11H2,1-2H3. The highest BCUT2D eigenvalue weighted by atomic mass is 16.6. The first-order chi connectivity index (χ1) is 10.3. The maximum atomic E-state index is 5.69. The molecule has 3 rings (SSSR count). The normalized spacial score (nSPS) is 24.7. The third-order valence-electron chi connectivity index (χ3n) is 4.57. The molecule has 1 aromatic carbocycles. The highest BCUT2D eigenvalue weighted by molar-refractivity contribution is 5.54. The van der Waals surface area contributed by atoms with Gasteiger partial charge in [0.15, 0.2) is 11.5 Å². The number of fused-ring (bicyclic) bond motifs is 1. The van der Waals surface area contributed by atoms with Crippen LogP contribution in [0.3, 0.4) is 0 Å². The molecule has 2 unspecified atom stereocenters. The molecule has 1 fully saturated rings. The van der Waals surface area contributed by atoms with Gasteiger partial charge >= 0.3 is 0 Å². The Labute approximate surface area is 126 Å². The molecule has 21 heavy (non-hydrogen) atoms. The highest BCUT2D eigenvalue weighted by Gasteiger charge is 2.22. The molecule has 2 aliphatic rings. The molecule has 1 aliphatic carbocycles. The largest absolute Gasteiger partial charge is 0.493 e. The van der Waals surface area contributed by atoms with Gasteiger partial charge in [-0.25, -0.2) is 0 Å². The van der Waals surface area contributed by atoms with Crippen LogP contribution in [0, 0.1) is 5.92 Å². The van der Waals surface area contributed by atoms with Gasteiger partial charge in [0.1, 0.15) is 13.2 Å². The molecule has 0 radical (unpaired) electrons. The predicted octanol–water partition coefficient (Wildman–Crippen LogP) is 3.13. The van der Waals surface area contributed by atoms with E-state index < -0.39 is 0 Å². The summed E-state index contributed by atoms with van der Waals surface area (Å²) in [6.07, 6.45) is 5.33. The van der Waals surface area contributed by atoms with Gasteiger partial charge in [-0.2, -0.15) is 0 Å². The molecule has 0 aromatic heterocycles. The van der Waals surface area contributed by atoms with E-state index in [-0.39, 0.29) is 0 Å². The first kappa shape index (κ1) is 14.5. The molecule has 4 nitrogen and oxygen atoms in total. The Morgan fingerprint density at radius 2 is 2.00 bits per heavy atom. The summed E-state index contributed by atoms with van der Waals surface area (Å²) in [5, 5.41) is 3.69. The van der Waals surface area contributed by atoms with Crippen LogP contribution in [-0.4, -0.2) is 26.4 Å². The Morgan fingerprint density at radius 3 is 2.81 bits per heavy atom. The molecule has 4 heteroatoms. The van der Waals surface area contributed by atoms with Gasteiger partial charge in [-0.1, -0.05) is 19.8 Å². The third-order valence-corrected chi connectivity index (χ3v) is 4.57. The molecule has 0 bridgehead atoms. The summed E-state index contributed by atoms with van der Waals surface area (Å²) in [5.41, 5.74) is 1.19. The molecule has 0 spiro atoms. The van der Waals surface area contributed by atoms with E-state index in [9.17, 15) is 0 Å². The zero-order valence-electron chi connectivity index (χ0n) is 13.0. The Bertz CT molecular complexity index is 472. The molecule has 116 valence electrons. The Hall–Kier alpha value is -1.42. The summed E-state index contributed by atoms with van der Waals surface area (Å²) in [4.78, 5) is 0. The number of rotatable bonds is 4. The lowest BCUT2D eigenvalue weighted by atomic mass is 9.86. The Morgan fingerprint density at radius 1 is 1.19 bits per heavy atom. The van der Waals surface area contributed by atoms with Crippen LogP contribution in [0.1, 0.15) is 38.2 Å². The van der Waals surface area contributed by atoms with Crippen molar-refractivity contribution in [3.8, 4) is 17.2 Å². The SMILES string of the molecule is COc1cc(CNC2CCCCC2C)cc2c1OCCO2. The number of hydrogen-bond donors (Lipinski definition) is 1. The van der Waals surface area contributed by atoms with E-state index in [4.69, 9.17) is 14.2 Å². The molecule has 1 heterocycles. The van der Waals surface area contributed by atoms with Crippen LogP contribution in [0.5, 0.6) is 17.2 Å². The fraction of sp³-hybridized carbons (Fsp3) is 0.647. The van der Waals surface area contributed by atoms with Crippen molar-refractivity contribution in [1.29, 1.82) is 0 Å². The quantitative estimate of drug-likeness (QED) is 0.925. The van der Waals surface area contributed by atoms with Crippen LogP contribution in [-0.2, 0) is 6.54 Å². The lowest BCUT2D eigenvalue weighted by Gasteiger charge is -2.30. The van der Waals surface area contributed by atoms with Gasteiger partial charge in [0.2, 0.25) is 5.75 Å². The lowest BCUT2D eigenvalue weighted by molar-refractivity contribution is 0.165. The van der Waals surface area contributed by atoms with E-state index in [0.717, 1.165) is 29.7 Å². The van der Waals surface area contributed by atoms with Crippen molar-refractivity contribution < 1.29 is 14.2 Å². The summed E-state index contributed by atoms with van der Waals surface area (Å²) in [6, 6.07) is 4.74. The molecule has 2 atom stereocenters. The summed E-state index contributed by atoms with van der Waals surface area (Å²) >= 11 is 0. The van der Waals surface area contributed by atoms with Gasteiger partial charge in [0, 0.05) is 12.6 Å². The second-order valence-corrected chi connectivity index (χ2v) is 6.07. The molecule has 1 N–H and O–H groups in total. The van der Waals surface area contributed by atoms with E-state index in [1.165, 1.54) is 31.2 Å². The second-order valence-electron chi connectivity index (χ2n) is 6.07. The summed E-state index contributed by atoms with van der Waals surface area (Å²) in [6.45, 7) is 4.39. The fourth-order valence-electron chi connectivity index (χ4n) is 3.30. The molecule has 1 aromatic rings. The minimum atomic E-state index is 0.584. The minimum absolute atomic E-state index is 0.584. The summed E-state index contributed by atoms with van der Waals surface area (Å²) in [7, 11) is 1.67. The van der Waals surface area contributed by atoms with Gasteiger partial charge in [-0.05, 0) is 36.5 Å². The fourth-order valence-corrected chi connectivity index (χ4v) is 3.30. The van der Waals surface area contributed by atoms with Crippen molar-refractivity contribution >= 4 is 0 Å². The van der Waals surface area contributed by atoms with Crippen LogP contribution < -0.4 is 19.5 Å². The first-order valence-corrected chi connectivity index (χ1v) is 7.98. The van der Waals surface area contributed by atoms with Gasteiger partial charge in [0.25, 0.3) is 0 Å². The van der Waals surface area contributed by atoms with E-state index in [2.05, 4.69) is 18.3 Å². The second kappa shape index (κ2) is 6.56. The number of ether oxygens (including phenoxy) is 3. The van der Waals surface area contributed by atoms with E-state index >= 15 is 0 Å². The third kappa shape index (κ3) is 3.26. The van der Waals surface area contributed by atoms with Crippen LogP contribution in [0.2, 0.25) is 0 Å². The van der Waals surface area contributed by atoms with E-state index in [0.29, 0.717) is 19.3 Å². The molecule has 0 saturated heterocycles. The summed E-state index contributed by atoms with van der Waals surface area (Å²) in [5.74, 6) is 3.06. The van der Waals surface area contributed by atoms with Crippen molar-refractivity contribution in [2.75, 3.05) is 20.3 Å². The van der Waals surface area contributed by atoms with Gasteiger partial charge < -0.3 is 19.5 Å². The topological polar surface area (TPSA) is 39.7 Å². The van der Waals surface area contributed by atoms with Crippen molar-refractivity contribution in [1.82, 2.24) is 5.32 Å². The van der Waals surface area contributed by atoms with Gasteiger partial charge in [-0.3, -0.25) is 0 Å². The van der Waals surface area contributed by atoms with Crippen molar-refractivity contribution in [3.63, 3.8) is 0 Å². The maximum absolute atomic E-state index is 5.69. The van der Waals surface area contributed by atoms with Gasteiger partial charge in [-0.15, -0.1) is 0 Å². The predicted molar refractivity (Wildman–Crippen MR) is 82.2 cm³/mol. The van der Waals surface area contributed by atoms with Gasteiger partial charge in [0.05, 0.1) is 7.11 Å². The maximum Gasteiger partial charge on any atom is 0.203 e. The molecular weight excluding hydrogens is 266 g/mol. The van der Waals surface area contributed by atoms with Crippen molar-refractivity contribution in [3.05, 3.63) is 17.7 Å². The lowest BCUT2D eigenvalue weighted by Crippen LogP contribution is -2.36. The monoisotopic (exact) mass is 291 g/mol. The van der Waals surface area contributed by atoms with E-state index in [1.807, 2.05) is 6.07 Å². The average molecular weight is 291 g/mol. The Kier molecular flexibility index (Phi) is 4.54. The van der Waals surface area contributed by atoms with Crippen LogP contribution in [0.15, 0.2) is 12.1 Å². The molecule has 0 amide bonds. The van der Waals surface area contributed by atoms with Crippen LogP contribution >= 0.6 is 0 Å². The number of nitrogens with one attached hydrogen (secondary N) is 1. The molecule has 1 saturated carbocycles. The minimum Gasteiger partial charge on any atom is -0.493 e. The molecular formula is C17H25NO3. The first-order valence-electron chi connectivity index (χ1n) is 7.98. The van der Waals surface area contributed by atoms with Crippen LogP contribution in [0.25, 0.3) is 0 Å². The van der Waals surface area contributed by atoms with Crippen molar-refractivity contribution in [2.24, 2.45) is 5.92 Å². The Balaban J connectivity index is 1.70.